The molecule has 0 spiro atoms. The number of hydrogen-bond donors (Lipinski definition) is 1. The van der Waals surface area contributed by atoms with E-state index in [0.717, 1.165) is 19.3 Å². The maximum absolute atomic E-state index is 12.1. The minimum Gasteiger partial charge on any atom is -0.376 e. The van der Waals surface area contributed by atoms with E-state index in [1.165, 1.54) is 76.9 Å². The van der Waals surface area contributed by atoms with Crippen molar-refractivity contribution in [3.8, 4) is 0 Å². The lowest BCUT2D eigenvalue weighted by molar-refractivity contribution is -0.870. The highest BCUT2D eigenvalue weighted by Gasteiger charge is 2.25. The molecule has 0 aromatic carbocycles. The maximum atomic E-state index is 12.1. The molecule has 0 fully saturated rings. The Hall–Kier alpha value is -0.0200. The highest BCUT2D eigenvalue weighted by Crippen LogP contribution is 2.43. The Morgan fingerprint density at radius 2 is 1.25 bits per heavy atom. The Balaban J connectivity index is 4.01. The van der Waals surface area contributed by atoms with Crippen LogP contribution in [0, 0.1) is 0 Å². The van der Waals surface area contributed by atoms with E-state index in [9.17, 15) is 17.9 Å². The van der Waals surface area contributed by atoms with Gasteiger partial charge in [0.05, 0.1) is 39.6 Å². The van der Waals surface area contributed by atoms with Crippen LogP contribution in [0.25, 0.3) is 0 Å². The quantitative estimate of drug-likeness (QED) is 0.0775. The summed E-state index contributed by atoms with van der Waals surface area (Å²) in [4.78, 5) is 9.92. The van der Waals surface area contributed by atoms with Crippen LogP contribution >= 0.6 is 7.82 Å². The zero-order valence-electron chi connectivity index (χ0n) is 23.9. The summed E-state index contributed by atoms with van der Waals surface area (Å²) in [6.45, 7) is 3.21. The second-order valence-electron chi connectivity index (χ2n) is 11.1. The van der Waals surface area contributed by atoms with E-state index >= 15 is 0 Å². The van der Waals surface area contributed by atoms with Gasteiger partial charge in [-0.1, -0.05) is 90.4 Å². The molecule has 0 aromatic rings. The third kappa shape index (κ3) is 27.0. The van der Waals surface area contributed by atoms with E-state index in [2.05, 4.69) is 6.92 Å². The number of hydrogen-bond acceptors (Lipinski definition) is 6. The molecule has 2 atom stereocenters. The molecule has 0 aromatic heterocycles. The molecule has 10 heteroatoms. The zero-order chi connectivity index (χ0) is 27.3. The van der Waals surface area contributed by atoms with Crippen molar-refractivity contribution < 1.29 is 36.1 Å². The van der Waals surface area contributed by atoms with Gasteiger partial charge in [0.2, 0.25) is 0 Å². The van der Waals surface area contributed by atoms with E-state index < -0.39 is 23.8 Å². The number of sulfone groups is 1. The summed E-state index contributed by atoms with van der Waals surface area (Å²) in [5, 5.41) is 0. The van der Waals surface area contributed by atoms with Gasteiger partial charge in [-0.05, 0) is 12.8 Å². The first-order chi connectivity index (χ1) is 16.8. The van der Waals surface area contributed by atoms with Crippen molar-refractivity contribution in [2.45, 2.75) is 109 Å². The van der Waals surface area contributed by atoms with Gasteiger partial charge in [-0.15, -0.1) is 0 Å². The lowest BCUT2D eigenvalue weighted by Crippen LogP contribution is -2.37. The fourth-order valence-electron chi connectivity index (χ4n) is 3.75. The molecule has 36 heavy (non-hydrogen) atoms. The minimum atomic E-state index is -4.21. The molecule has 0 aliphatic rings. The van der Waals surface area contributed by atoms with Crippen LogP contribution in [-0.4, -0.2) is 83.4 Å². The SMILES string of the molecule is CCCCCCCCCCCCCCCCOC(CCS(C)(=O)=O)COP(=O)(O)OCC[N+](C)(C)C. The summed E-state index contributed by atoms with van der Waals surface area (Å²) < 4.78 is 51.8. The standard InChI is InChI=1S/C26H56NO7PS/c1-6-7-8-9-10-11-12-13-14-15-16-17-18-19-22-32-26(20-24-36(5,30)31)25-34-35(28,29)33-23-21-27(2,3)4/h26H,6-25H2,1-5H3/p+1. The van der Waals surface area contributed by atoms with Crippen LogP contribution < -0.4 is 0 Å². The first kappa shape index (κ1) is 36.0. The average Bonchev–Trinajstić information content (AvgIpc) is 2.76. The largest absolute Gasteiger partial charge is 0.472 e. The van der Waals surface area contributed by atoms with Gasteiger partial charge < -0.3 is 14.1 Å². The summed E-state index contributed by atoms with van der Waals surface area (Å²) in [7, 11) is -1.50. The second-order valence-corrected chi connectivity index (χ2v) is 14.8. The molecular weight excluding hydrogens is 501 g/mol. The third-order valence-corrected chi connectivity index (χ3v) is 8.06. The molecule has 0 amide bonds. The molecule has 0 radical (unpaired) electrons. The van der Waals surface area contributed by atoms with Crippen molar-refractivity contribution in [1.82, 2.24) is 0 Å². The van der Waals surface area contributed by atoms with Crippen LogP contribution in [0.2, 0.25) is 0 Å². The minimum absolute atomic E-state index is 0.0577. The molecule has 0 aliphatic carbocycles. The maximum Gasteiger partial charge on any atom is 0.472 e. The summed E-state index contributed by atoms with van der Waals surface area (Å²) in [5.41, 5.74) is 0. The molecule has 0 bridgehead atoms. The Kier molecular flexibility index (Phi) is 20.9. The summed E-state index contributed by atoms with van der Waals surface area (Å²) >= 11 is 0. The Bertz CT molecular complexity index is 668. The van der Waals surface area contributed by atoms with E-state index in [0.29, 0.717) is 17.6 Å². The molecule has 0 saturated heterocycles. The Morgan fingerprint density at radius 3 is 1.69 bits per heavy atom. The van der Waals surface area contributed by atoms with Crippen LogP contribution in [0.5, 0.6) is 0 Å². The van der Waals surface area contributed by atoms with E-state index in [1.807, 2.05) is 21.1 Å². The molecule has 0 saturated carbocycles. The van der Waals surface area contributed by atoms with Crippen LogP contribution in [0.1, 0.15) is 103 Å². The van der Waals surface area contributed by atoms with Gasteiger partial charge in [0.15, 0.2) is 0 Å². The lowest BCUT2D eigenvalue weighted by atomic mass is 10.0. The Morgan fingerprint density at radius 1 is 0.778 bits per heavy atom. The van der Waals surface area contributed by atoms with Gasteiger partial charge in [-0.2, -0.15) is 0 Å². The number of nitrogens with zero attached hydrogens (tertiary/aromatic N) is 1. The van der Waals surface area contributed by atoms with Crippen LogP contribution in [0.15, 0.2) is 0 Å². The number of ether oxygens (including phenoxy) is 1. The first-order valence-corrected chi connectivity index (χ1v) is 17.6. The molecule has 8 nitrogen and oxygen atoms in total. The normalized spacial score (nSPS) is 15.2. The number of phosphoric acid groups is 1. The van der Waals surface area contributed by atoms with E-state index in [1.54, 1.807) is 0 Å². The number of rotatable bonds is 26. The third-order valence-electron chi connectivity index (χ3n) is 6.10. The fourth-order valence-corrected chi connectivity index (χ4v) is 5.18. The number of unbranched alkanes of at least 4 members (excludes halogenated alkanes) is 13. The topological polar surface area (TPSA) is 99.1 Å². The van der Waals surface area contributed by atoms with Crippen LogP contribution in [0.3, 0.4) is 0 Å². The monoisotopic (exact) mass is 558 g/mol. The highest BCUT2D eigenvalue weighted by atomic mass is 32.2. The molecule has 1 N–H and O–H groups in total. The summed E-state index contributed by atoms with van der Waals surface area (Å²) in [6.07, 6.45) is 18.7. The van der Waals surface area contributed by atoms with Crippen LogP contribution in [-0.2, 0) is 28.2 Å². The van der Waals surface area contributed by atoms with Crippen molar-refractivity contribution in [1.29, 1.82) is 0 Å². The van der Waals surface area contributed by atoms with Crippen LogP contribution in [0.4, 0.5) is 0 Å². The second kappa shape index (κ2) is 20.9. The van der Waals surface area contributed by atoms with Gasteiger partial charge >= 0.3 is 7.82 Å². The molecule has 2 unspecified atom stereocenters. The van der Waals surface area contributed by atoms with Gasteiger partial charge in [0.1, 0.15) is 23.0 Å². The van der Waals surface area contributed by atoms with Gasteiger partial charge in [0.25, 0.3) is 0 Å². The molecule has 0 rings (SSSR count). The van der Waals surface area contributed by atoms with E-state index in [4.69, 9.17) is 13.8 Å². The predicted molar refractivity (Wildman–Crippen MR) is 149 cm³/mol. The Labute approximate surface area is 222 Å². The smallest absolute Gasteiger partial charge is 0.376 e. The van der Waals surface area contributed by atoms with Crippen molar-refractivity contribution in [2.75, 3.05) is 59.5 Å². The number of likely N-dealkylation sites (N-methyl/N-ethyl adjacent to an activating group) is 1. The van der Waals surface area contributed by atoms with Gasteiger partial charge in [-0.3, -0.25) is 9.05 Å². The molecular formula is C26H57NO7PS+. The number of quaternary nitrogens is 1. The highest BCUT2D eigenvalue weighted by molar-refractivity contribution is 7.90. The molecule has 0 aliphatic heterocycles. The zero-order valence-corrected chi connectivity index (χ0v) is 25.6. The van der Waals surface area contributed by atoms with Gasteiger partial charge in [0, 0.05) is 12.9 Å². The summed E-state index contributed by atoms with van der Waals surface area (Å²) in [6, 6.07) is 0. The molecule has 0 heterocycles. The number of phosphoric ester groups is 1. The van der Waals surface area contributed by atoms with Crippen molar-refractivity contribution in [3.63, 3.8) is 0 Å². The first-order valence-electron chi connectivity index (χ1n) is 14.1. The van der Waals surface area contributed by atoms with Crippen molar-refractivity contribution in [2.24, 2.45) is 0 Å². The average molecular weight is 559 g/mol. The molecule has 218 valence electrons. The fraction of sp³-hybridized carbons (Fsp3) is 1.00. The van der Waals surface area contributed by atoms with Gasteiger partial charge in [-0.25, -0.2) is 13.0 Å². The summed E-state index contributed by atoms with van der Waals surface area (Å²) in [5.74, 6) is -0.0577. The van der Waals surface area contributed by atoms with E-state index in [-0.39, 0.29) is 25.4 Å². The van der Waals surface area contributed by atoms with Crippen molar-refractivity contribution >= 4 is 17.7 Å². The predicted octanol–water partition coefficient (Wildman–Crippen LogP) is 6.13. The van der Waals surface area contributed by atoms with Crippen molar-refractivity contribution in [3.05, 3.63) is 0 Å². The lowest BCUT2D eigenvalue weighted by Gasteiger charge is -2.24.